The van der Waals surface area contributed by atoms with E-state index in [1.165, 1.54) is 24.3 Å². The number of unbranched alkanes of at least 4 members (excludes halogenated alkanes) is 2. The molecule has 1 saturated carbocycles. The van der Waals surface area contributed by atoms with Crippen molar-refractivity contribution in [3.05, 3.63) is 70.9 Å². The van der Waals surface area contributed by atoms with Gasteiger partial charge in [-0.1, -0.05) is 19.9 Å². The molecule has 2 aliphatic heterocycles. The standard InChI is InChI=1S/C33H38N2O10S2/c1-32(2)23-15-19(46(40,41)42)10-12-25(23)34(5)27(32)17-21-30(38)22(31(21)39)18-28-33(3,4)24-16-20(47(43,44)45)11-13-26(24)35(28)14-8-6-7-9-29(36)37/h10-13,15-18,21,30,38H,6-9,14H2,1-5H3,(H2-,36,37,40,41,42,43,44,45)/p+1. The molecule has 0 amide bonds. The average molecular weight is 688 g/mol. The fraction of sp³-hybridized carbons (Fsp3) is 0.424. The molecule has 2 unspecified atom stereocenters. The summed E-state index contributed by atoms with van der Waals surface area (Å²) in [6.45, 7) is 7.90. The lowest BCUT2D eigenvalue weighted by atomic mass is 9.71. The molecule has 1 aliphatic carbocycles. The maximum absolute atomic E-state index is 13.7. The fourth-order valence-corrected chi connectivity index (χ4v) is 7.95. The number of Topliss-reactive ketones (excluding diaryl/α,β-unsaturated/α-hetero) is 1. The van der Waals surface area contributed by atoms with Gasteiger partial charge in [0.2, 0.25) is 5.69 Å². The molecule has 252 valence electrons. The normalized spacial score (nSPS) is 23.3. The minimum absolute atomic E-state index is 0.0385. The quantitative estimate of drug-likeness (QED) is 0.122. The summed E-state index contributed by atoms with van der Waals surface area (Å²) in [6.07, 6.45) is 3.93. The SMILES string of the molecule is CN1C(=CC2C(=O)C(=CC3=[N+](CCCCCC(=O)O)c4ccc(S(=O)(=O)O)cc4C3(C)C)C2O)C(C)(C)c2cc(S(=O)(=O)O)ccc21. The fourth-order valence-electron chi connectivity index (χ4n) is 6.93. The highest BCUT2D eigenvalue weighted by molar-refractivity contribution is 7.86. The van der Waals surface area contributed by atoms with E-state index in [1.54, 1.807) is 31.3 Å². The second-order valence-corrected chi connectivity index (χ2v) is 16.2. The highest BCUT2D eigenvalue weighted by Crippen LogP contribution is 2.49. The van der Waals surface area contributed by atoms with Crippen LogP contribution in [0, 0.1) is 5.92 Å². The summed E-state index contributed by atoms with van der Waals surface area (Å²) in [5.41, 5.74) is 2.57. The second-order valence-electron chi connectivity index (χ2n) is 13.3. The van der Waals surface area contributed by atoms with Gasteiger partial charge in [0.05, 0.1) is 27.2 Å². The minimum atomic E-state index is -4.48. The molecule has 2 heterocycles. The van der Waals surface area contributed by atoms with Gasteiger partial charge in [-0.15, -0.1) is 0 Å². The van der Waals surface area contributed by atoms with Crippen LogP contribution in [0.3, 0.4) is 0 Å². The number of carbonyl (C=O) groups excluding carboxylic acids is 1. The number of hydrogen-bond donors (Lipinski definition) is 4. The highest BCUT2D eigenvalue weighted by Gasteiger charge is 2.50. The Kier molecular flexibility index (Phi) is 8.68. The molecule has 2 aromatic rings. The summed E-state index contributed by atoms with van der Waals surface area (Å²) in [7, 11) is -7.13. The van der Waals surface area contributed by atoms with Crippen molar-refractivity contribution in [1.29, 1.82) is 0 Å². The van der Waals surface area contributed by atoms with Crippen LogP contribution in [0.2, 0.25) is 0 Å². The molecule has 14 heteroatoms. The Balaban J connectivity index is 1.49. The Morgan fingerprint density at radius 2 is 1.51 bits per heavy atom. The number of hydrogen-bond acceptors (Lipinski definition) is 8. The van der Waals surface area contributed by atoms with E-state index in [9.17, 15) is 40.6 Å². The van der Waals surface area contributed by atoms with Crippen molar-refractivity contribution < 1.29 is 50.3 Å². The first-order valence-electron chi connectivity index (χ1n) is 15.2. The van der Waals surface area contributed by atoms with Crippen LogP contribution in [0.4, 0.5) is 11.4 Å². The smallest absolute Gasteiger partial charge is 0.303 e. The van der Waals surface area contributed by atoms with Crippen LogP contribution in [-0.4, -0.2) is 77.9 Å². The predicted molar refractivity (Wildman–Crippen MR) is 174 cm³/mol. The van der Waals surface area contributed by atoms with Crippen molar-refractivity contribution in [2.45, 2.75) is 80.1 Å². The van der Waals surface area contributed by atoms with E-state index in [4.69, 9.17) is 5.11 Å². The van der Waals surface area contributed by atoms with Crippen molar-refractivity contribution >= 4 is 49.1 Å². The lowest BCUT2D eigenvalue weighted by Gasteiger charge is -2.35. The number of aliphatic hydroxyl groups is 1. The van der Waals surface area contributed by atoms with Crippen LogP contribution in [0.5, 0.6) is 0 Å². The van der Waals surface area contributed by atoms with Crippen LogP contribution in [0.25, 0.3) is 0 Å². The minimum Gasteiger partial charge on any atom is -0.481 e. The van der Waals surface area contributed by atoms with Crippen LogP contribution in [0.15, 0.2) is 69.6 Å². The third-order valence-electron chi connectivity index (χ3n) is 9.61. The Labute approximate surface area is 274 Å². The second kappa shape index (κ2) is 11.8. The van der Waals surface area contributed by atoms with Gasteiger partial charge in [-0.3, -0.25) is 18.7 Å². The summed E-state index contributed by atoms with van der Waals surface area (Å²) < 4.78 is 68.7. The number of ketones is 1. The zero-order chi connectivity index (χ0) is 34.9. The summed E-state index contributed by atoms with van der Waals surface area (Å²) in [5.74, 6) is -2.06. The molecule has 2 atom stereocenters. The van der Waals surface area contributed by atoms with Crippen molar-refractivity contribution in [2.24, 2.45) is 5.92 Å². The number of carboxylic acid groups (broad SMARTS) is 1. The number of aliphatic hydroxyl groups excluding tert-OH is 1. The topological polar surface area (TPSA) is 190 Å². The first-order chi connectivity index (χ1) is 21.7. The summed E-state index contributed by atoms with van der Waals surface area (Å²) in [4.78, 5) is 25.9. The zero-order valence-electron chi connectivity index (χ0n) is 26.8. The number of aliphatic carboxylic acids is 1. The Bertz CT molecular complexity index is 2010. The molecule has 12 nitrogen and oxygen atoms in total. The molecule has 0 spiro atoms. The monoisotopic (exact) mass is 687 g/mol. The van der Waals surface area contributed by atoms with E-state index in [2.05, 4.69) is 0 Å². The number of anilines is 1. The maximum atomic E-state index is 13.7. The number of carbonyl (C=O) groups is 2. The van der Waals surface area contributed by atoms with Crippen LogP contribution in [0.1, 0.15) is 64.5 Å². The molecule has 0 saturated heterocycles. The van der Waals surface area contributed by atoms with Crippen molar-refractivity contribution in [1.82, 2.24) is 0 Å². The van der Waals surface area contributed by atoms with Crippen molar-refractivity contribution in [3.63, 3.8) is 0 Å². The molecule has 1 fully saturated rings. The van der Waals surface area contributed by atoms with Gasteiger partial charge < -0.3 is 15.1 Å². The van der Waals surface area contributed by atoms with Gasteiger partial charge in [-0.25, -0.2) is 0 Å². The Morgan fingerprint density at radius 3 is 2.09 bits per heavy atom. The van der Waals surface area contributed by atoms with Crippen LogP contribution < -0.4 is 4.90 Å². The van der Waals surface area contributed by atoms with Crippen molar-refractivity contribution in [3.8, 4) is 0 Å². The third kappa shape index (κ3) is 6.08. The lowest BCUT2D eigenvalue weighted by molar-refractivity contribution is -0.438. The number of allylic oxidation sites excluding steroid dienone is 2. The van der Waals surface area contributed by atoms with Gasteiger partial charge in [0, 0.05) is 60.0 Å². The van der Waals surface area contributed by atoms with Gasteiger partial charge in [-0.05, 0) is 62.6 Å². The molecule has 2 aromatic carbocycles. The van der Waals surface area contributed by atoms with E-state index >= 15 is 0 Å². The molecular weight excluding hydrogens is 649 g/mol. The first-order valence-corrected chi connectivity index (χ1v) is 18.1. The van der Waals surface area contributed by atoms with E-state index in [0.717, 1.165) is 0 Å². The third-order valence-corrected chi connectivity index (χ3v) is 11.3. The summed E-state index contributed by atoms with van der Waals surface area (Å²) in [6, 6.07) is 8.61. The van der Waals surface area contributed by atoms with E-state index in [1.807, 2.05) is 37.2 Å². The first kappa shape index (κ1) is 34.6. The number of carboxylic acids is 1. The van der Waals surface area contributed by atoms with Gasteiger partial charge >= 0.3 is 5.97 Å². The van der Waals surface area contributed by atoms with Crippen molar-refractivity contribution in [2.75, 3.05) is 18.5 Å². The van der Waals surface area contributed by atoms with E-state index in [0.29, 0.717) is 59.7 Å². The molecule has 47 heavy (non-hydrogen) atoms. The average Bonchev–Trinajstić information content (AvgIpc) is 3.30. The zero-order valence-corrected chi connectivity index (χ0v) is 28.4. The number of nitrogens with zero attached hydrogens (tertiary/aromatic N) is 2. The molecule has 5 rings (SSSR count). The van der Waals surface area contributed by atoms with Gasteiger partial charge in [0.1, 0.15) is 6.54 Å². The largest absolute Gasteiger partial charge is 0.481 e. The van der Waals surface area contributed by atoms with E-state index in [-0.39, 0.29) is 27.6 Å². The summed E-state index contributed by atoms with van der Waals surface area (Å²) in [5, 5.41) is 20.3. The lowest BCUT2D eigenvalue weighted by Crippen LogP contribution is -2.46. The summed E-state index contributed by atoms with van der Waals surface area (Å²) >= 11 is 0. The number of fused-ring (bicyclic) bond motifs is 2. The number of benzene rings is 2. The maximum Gasteiger partial charge on any atom is 0.303 e. The molecule has 0 aromatic heterocycles. The van der Waals surface area contributed by atoms with Gasteiger partial charge in [0.25, 0.3) is 20.2 Å². The predicted octanol–water partition coefficient (Wildman–Crippen LogP) is 4.00. The van der Waals surface area contributed by atoms with Crippen LogP contribution in [-0.2, 0) is 40.7 Å². The molecule has 0 radical (unpaired) electrons. The molecular formula is C33H39N2O10S2+. The van der Waals surface area contributed by atoms with Gasteiger partial charge in [-0.2, -0.15) is 21.4 Å². The number of rotatable bonds is 10. The Hall–Kier alpha value is -3.69. The molecule has 0 bridgehead atoms. The Morgan fingerprint density at radius 1 is 0.915 bits per heavy atom. The van der Waals surface area contributed by atoms with Gasteiger partial charge in [0.15, 0.2) is 11.5 Å². The van der Waals surface area contributed by atoms with Crippen LogP contribution >= 0.6 is 0 Å². The number of likely N-dealkylation sites (N-methyl/N-ethyl adjacent to an activating group) is 1. The molecule has 4 N–H and O–H groups in total. The van der Waals surface area contributed by atoms with E-state index < -0.39 is 49.1 Å². The molecule has 3 aliphatic rings. The highest BCUT2D eigenvalue weighted by atomic mass is 32.2.